The second-order valence-electron chi connectivity index (χ2n) is 1.73. The standard InChI is InChI=1S/C6H5BrO3/c7-4-2-1-3-10-5(4)6(8)9/h1-3,5H,(H,8,9). The Hall–Kier alpha value is -0.770. The highest BCUT2D eigenvalue weighted by Crippen LogP contribution is 2.18. The molecule has 1 N–H and O–H groups in total. The molecule has 0 aromatic heterocycles. The molecule has 10 heavy (non-hydrogen) atoms. The Morgan fingerprint density at radius 3 is 2.90 bits per heavy atom. The summed E-state index contributed by atoms with van der Waals surface area (Å²) in [6.07, 6.45) is 3.75. The molecule has 1 atom stereocenters. The van der Waals surface area contributed by atoms with Crippen LogP contribution in [0, 0.1) is 0 Å². The third-order valence-corrected chi connectivity index (χ3v) is 1.70. The molecule has 1 aliphatic heterocycles. The minimum absolute atomic E-state index is 0.530. The molecule has 54 valence electrons. The largest absolute Gasteiger partial charge is 0.481 e. The van der Waals surface area contributed by atoms with Crippen LogP contribution in [0.5, 0.6) is 0 Å². The van der Waals surface area contributed by atoms with Crippen LogP contribution in [0.3, 0.4) is 0 Å². The highest BCUT2D eigenvalue weighted by Gasteiger charge is 2.21. The fraction of sp³-hybridized carbons (Fsp3) is 0.167. The fourth-order valence-electron chi connectivity index (χ4n) is 0.584. The summed E-state index contributed by atoms with van der Waals surface area (Å²) in [7, 11) is 0. The molecule has 0 saturated heterocycles. The molecule has 1 aliphatic rings. The summed E-state index contributed by atoms with van der Waals surface area (Å²) in [6.45, 7) is 0. The first-order valence-corrected chi connectivity index (χ1v) is 3.41. The molecule has 0 saturated carbocycles. The van der Waals surface area contributed by atoms with Crippen LogP contribution < -0.4 is 0 Å². The molecule has 3 nitrogen and oxygen atoms in total. The second kappa shape index (κ2) is 2.88. The van der Waals surface area contributed by atoms with E-state index >= 15 is 0 Å². The molecule has 0 aliphatic carbocycles. The lowest BCUT2D eigenvalue weighted by atomic mass is 10.3. The van der Waals surface area contributed by atoms with E-state index in [1.807, 2.05) is 0 Å². The topological polar surface area (TPSA) is 46.5 Å². The summed E-state index contributed by atoms with van der Waals surface area (Å²) in [6, 6.07) is 0. The maximum Gasteiger partial charge on any atom is 0.350 e. The van der Waals surface area contributed by atoms with Gasteiger partial charge in [-0.05, 0) is 12.2 Å². The minimum Gasteiger partial charge on any atom is -0.481 e. The summed E-state index contributed by atoms with van der Waals surface area (Å²) in [5.74, 6) is -0.993. The average Bonchev–Trinajstić information content (AvgIpc) is 1.88. The van der Waals surface area contributed by atoms with Gasteiger partial charge in [-0.1, -0.05) is 15.9 Å². The smallest absolute Gasteiger partial charge is 0.350 e. The van der Waals surface area contributed by atoms with Crippen LogP contribution in [0.4, 0.5) is 0 Å². The van der Waals surface area contributed by atoms with Crippen molar-refractivity contribution in [3.05, 3.63) is 22.9 Å². The first-order chi connectivity index (χ1) is 4.72. The van der Waals surface area contributed by atoms with E-state index in [1.54, 1.807) is 12.2 Å². The van der Waals surface area contributed by atoms with E-state index in [1.165, 1.54) is 6.26 Å². The third-order valence-electron chi connectivity index (χ3n) is 1.02. The Morgan fingerprint density at radius 2 is 2.50 bits per heavy atom. The highest BCUT2D eigenvalue weighted by atomic mass is 79.9. The van der Waals surface area contributed by atoms with Crippen molar-refractivity contribution in [2.75, 3.05) is 0 Å². The molecule has 1 unspecified atom stereocenters. The molecule has 0 fully saturated rings. The highest BCUT2D eigenvalue weighted by molar-refractivity contribution is 9.11. The van der Waals surface area contributed by atoms with Crippen LogP contribution in [-0.4, -0.2) is 17.2 Å². The van der Waals surface area contributed by atoms with Crippen molar-refractivity contribution >= 4 is 21.9 Å². The van der Waals surface area contributed by atoms with Crippen molar-refractivity contribution in [3.8, 4) is 0 Å². The van der Waals surface area contributed by atoms with Gasteiger partial charge in [-0.15, -0.1) is 0 Å². The van der Waals surface area contributed by atoms with Gasteiger partial charge in [0.05, 0.1) is 6.26 Å². The monoisotopic (exact) mass is 204 g/mol. The summed E-state index contributed by atoms with van der Waals surface area (Å²) < 4.78 is 5.29. The van der Waals surface area contributed by atoms with Crippen molar-refractivity contribution in [1.82, 2.24) is 0 Å². The Morgan fingerprint density at radius 1 is 1.80 bits per heavy atom. The van der Waals surface area contributed by atoms with E-state index in [-0.39, 0.29) is 0 Å². The van der Waals surface area contributed by atoms with E-state index in [0.717, 1.165) is 0 Å². The summed E-state index contributed by atoms with van der Waals surface area (Å²) in [5.41, 5.74) is 0. The van der Waals surface area contributed by atoms with Gasteiger partial charge in [-0.3, -0.25) is 0 Å². The number of carbonyl (C=O) groups is 1. The normalized spacial score (nSPS) is 23.3. The lowest BCUT2D eigenvalue weighted by Crippen LogP contribution is -2.23. The summed E-state index contributed by atoms with van der Waals surface area (Å²) >= 11 is 3.06. The summed E-state index contributed by atoms with van der Waals surface area (Å²) in [5, 5.41) is 8.48. The van der Waals surface area contributed by atoms with Crippen LogP contribution in [0.15, 0.2) is 22.9 Å². The van der Waals surface area contributed by atoms with Crippen LogP contribution in [0.25, 0.3) is 0 Å². The zero-order valence-electron chi connectivity index (χ0n) is 4.95. The van der Waals surface area contributed by atoms with E-state index in [4.69, 9.17) is 9.84 Å². The van der Waals surface area contributed by atoms with Gasteiger partial charge in [-0.25, -0.2) is 4.79 Å². The van der Waals surface area contributed by atoms with E-state index in [2.05, 4.69) is 15.9 Å². The predicted octanol–water partition coefficient (Wildman–Crippen LogP) is 1.26. The van der Waals surface area contributed by atoms with Gasteiger partial charge >= 0.3 is 5.97 Å². The Balaban J connectivity index is 2.73. The van der Waals surface area contributed by atoms with Crippen molar-refractivity contribution in [1.29, 1.82) is 0 Å². The Kier molecular flexibility index (Phi) is 2.11. The lowest BCUT2D eigenvalue weighted by molar-refractivity contribution is -0.144. The molecule has 0 aromatic carbocycles. The number of carboxylic acids is 1. The van der Waals surface area contributed by atoms with E-state index in [0.29, 0.717) is 4.48 Å². The SMILES string of the molecule is O=C(O)C1OC=CC=C1Br. The molecule has 0 radical (unpaired) electrons. The first-order valence-electron chi connectivity index (χ1n) is 2.62. The number of hydrogen-bond acceptors (Lipinski definition) is 2. The van der Waals surface area contributed by atoms with Gasteiger partial charge in [0.2, 0.25) is 6.10 Å². The number of rotatable bonds is 1. The second-order valence-corrected chi connectivity index (χ2v) is 2.65. The number of hydrogen-bond donors (Lipinski definition) is 1. The van der Waals surface area contributed by atoms with Crippen LogP contribution >= 0.6 is 15.9 Å². The number of ether oxygens (including phenoxy) is 1. The summed E-state index contributed by atoms with van der Waals surface area (Å²) in [4.78, 5) is 10.3. The Labute approximate surface area is 66.1 Å². The van der Waals surface area contributed by atoms with Crippen molar-refractivity contribution < 1.29 is 14.6 Å². The molecule has 1 heterocycles. The number of carboxylic acid groups (broad SMARTS) is 1. The quantitative estimate of drug-likeness (QED) is 0.700. The minimum atomic E-state index is -0.993. The zero-order chi connectivity index (χ0) is 7.56. The predicted molar refractivity (Wildman–Crippen MR) is 38.7 cm³/mol. The van der Waals surface area contributed by atoms with Crippen molar-refractivity contribution in [2.45, 2.75) is 6.10 Å². The number of aliphatic carboxylic acids is 1. The fourth-order valence-corrected chi connectivity index (χ4v) is 1.04. The molecular weight excluding hydrogens is 200 g/mol. The first kappa shape index (κ1) is 7.34. The average molecular weight is 205 g/mol. The van der Waals surface area contributed by atoms with Crippen LogP contribution in [-0.2, 0) is 9.53 Å². The molecule has 0 amide bonds. The maximum atomic E-state index is 10.3. The van der Waals surface area contributed by atoms with Gasteiger partial charge in [0, 0.05) is 4.48 Å². The molecule has 0 aromatic rings. The third kappa shape index (κ3) is 1.39. The van der Waals surface area contributed by atoms with Gasteiger partial charge < -0.3 is 9.84 Å². The lowest BCUT2D eigenvalue weighted by Gasteiger charge is -2.13. The van der Waals surface area contributed by atoms with E-state index in [9.17, 15) is 4.79 Å². The maximum absolute atomic E-state index is 10.3. The molecule has 4 heteroatoms. The van der Waals surface area contributed by atoms with Gasteiger partial charge in [0.15, 0.2) is 0 Å². The Bertz CT molecular complexity index is 207. The molecular formula is C6H5BrO3. The van der Waals surface area contributed by atoms with Gasteiger partial charge in [0.25, 0.3) is 0 Å². The van der Waals surface area contributed by atoms with Crippen molar-refractivity contribution in [3.63, 3.8) is 0 Å². The van der Waals surface area contributed by atoms with Gasteiger partial charge in [0.1, 0.15) is 0 Å². The zero-order valence-corrected chi connectivity index (χ0v) is 6.54. The molecule has 0 bridgehead atoms. The molecule has 1 rings (SSSR count). The molecule has 0 spiro atoms. The van der Waals surface area contributed by atoms with Crippen molar-refractivity contribution in [2.24, 2.45) is 0 Å². The van der Waals surface area contributed by atoms with Crippen LogP contribution in [0.2, 0.25) is 0 Å². The van der Waals surface area contributed by atoms with Crippen LogP contribution in [0.1, 0.15) is 0 Å². The van der Waals surface area contributed by atoms with Gasteiger partial charge in [-0.2, -0.15) is 0 Å². The number of allylic oxidation sites excluding steroid dienone is 2. The number of halogens is 1. The van der Waals surface area contributed by atoms with E-state index < -0.39 is 12.1 Å².